The lowest BCUT2D eigenvalue weighted by Gasteiger charge is -2.64. The molecule has 3 aliphatic carbocycles. The Hall–Kier alpha value is -0.0551. The smallest absolute Gasteiger partial charge is 0.405 e. The normalized spacial score (nSPS) is 44.7. The fourth-order valence-corrected chi connectivity index (χ4v) is 4.50. The first-order valence-electron chi connectivity index (χ1n) is 7.42. The van der Waals surface area contributed by atoms with Gasteiger partial charge in [-0.2, -0.15) is 0 Å². The average molecular weight is 252 g/mol. The third kappa shape index (κ3) is 1.69. The molecule has 0 radical (unpaired) electrons. The van der Waals surface area contributed by atoms with E-state index in [0.29, 0.717) is 17.4 Å². The second-order valence-electron chi connectivity index (χ2n) is 7.12. The lowest BCUT2D eigenvalue weighted by molar-refractivity contribution is -0.199. The number of aliphatic hydroxyl groups excluding tert-OH is 1. The molecule has 1 N–H and O–H groups in total. The minimum atomic E-state index is -0.0673. The van der Waals surface area contributed by atoms with Crippen molar-refractivity contribution in [1.29, 1.82) is 0 Å². The first-order chi connectivity index (χ1) is 8.48. The zero-order valence-corrected chi connectivity index (χ0v) is 11.8. The van der Waals surface area contributed by atoms with Gasteiger partial charge in [0.25, 0.3) is 0 Å². The Morgan fingerprint density at radius 3 is 2.67 bits per heavy atom. The number of rotatable bonds is 4. The molecule has 3 saturated carbocycles. The standard InChI is InChI=1S/C14H25BO3/c1-13(2)10-8-11(13)14(3)12(9-10)17-15(18-14)6-4-5-7-16/h10-12,16H,4-9H2,1-3H3/t10-,11?,12?,14-/m0/s1. The third-order valence-electron chi connectivity index (χ3n) is 5.85. The number of hydrogen-bond acceptors (Lipinski definition) is 3. The van der Waals surface area contributed by atoms with E-state index in [4.69, 9.17) is 14.4 Å². The summed E-state index contributed by atoms with van der Waals surface area (Å²) in [4.78, 5) is 0. The van der Waals surface area contributed by atoms with Crippen LogP contribution in [0.2, 0.25) is 6.32 Å². The molecule has 0 aromatic heterocycles. The topological polar surface area (TPSA) is 38.7 Å². The van der Waals surface area contributed by atoms with Gasteiger partial charge in [-0.25, -0.2) is 0 Å². The van der Waals surface area contributed by atoms with Crippen molar-refractivity contribution in [2.24, 2.45) is 17.3 Å². The van der Waals surface area contributed by atoms with Crippen molar-refractivity contribution in [3.63, 3.8) is 0 Å². The molecule has 0 aromatic carbocycles. The zero-order chi connectivity index (χ0) is 13.0. The van der Waals surface area contributed by atoms with Gasteiger partial charge in [0.1, 0.15) is 0 Å². The van der Waals surface area contributed by atoms with E-state index in [1.165, 1.54) is 6.42 Å². The maximum atomic E-state index is 8.83. The largest absolute Gasteiger partial charge is 0.457 e. The highest BCUT2D eigenvalue weighted by molar-refractivity contribution is 6.45. The molecule has 2 bridgehead atoms. The average Bonchev–Trinajstić information content (AvgIpc) is 2.64. The van der Waals surface area contributed by atoms with Gasteiger partial charge in [0, 0.05) is 6.61 Å². The lowest BCUT2D eigenvalue weighted by atomic mass is 9.43. The third-order valence-corrected chi connectivity index (χ3v) is 5.85. The molecule has 4 fully saturated rings. The van der Waals surface area contributed by atoms with E-state index < -0.39 is 0 Å². The number of aliphatic hydroxyl groups is 1. The quantitative estimate of drug-likeness (QED) is 0.617. The Kier molecular flexibility index (Phi) is 3.04. The SMILES string of the molecule is CC1(C)C2C[C@H]1CC1OB(CCCCO)O[C@]12C. The van der Waals surface area contributed by atoms with Crippen LogP contribution in [0.1, 0.15) is 46.5 Å². The van der Waals surface area contributed by atoms with Crippen LogP contribution in [0.25, 0.3) is 0 Å². The highest BCUT2D eigenvalue weighted by atomic mass is 16.7. The first kappa shape index (κ1) is 13.0. The fourth-order valence-electron chi connectivity index (χ4n) is 4.50. The predicted molar refractivity (Wildman–Crippen MR) is 71.2 cm³/mol. The molecule has 3 nitrogen and oxygen atoms in total. The van der Waals surface area contributed by atoms with Crippen LogP contribution in [-0.4, -0.2) is 30.5 Å². The molecular formula is C14H25BO3. The Bertz CT molecular complexity index is 333. The molecule has 0 aromatic rings. The van der Waals surface area contributed by atoms with Gasteiger partial charge >= 0.3 is 7.12 Å². The van der Waals surface area contributed by atoms with Gasteiger partial charge in [-0.05, 0) is 49.8 Å². The Balaban J connectivity index is 1.65. The molecular weight excluding hydrogens is 227 g/mol. The monoisotopic (exact) mass is 252 g/mol. The summed E-state index contributed by atoms with van der Waals surface area (Å²) in [5, 5.41) is 8.83. The second-order valence-corrected chi connectivity index (χ2v) is 7.12. The summed E-state index contributed by atoms with van der Waals surface area (Å²) in [6.45, 7) is 7.29. The van der Waals surface area contributed by atoms with Gasteiger partial charge in [-0.1, -0.05) is 20.3 Å². The van der Waals surface area contributed by atoms with E-state index in [9.17, 15) is 0 Å². The fraction of sp³-hybridized carbons (Fsp3) is 1.00. The van der Waals surface area contributed by atoms with Gasteiger partial charge in [-0.3, -0.25) is 0 Å². The van der Waals surface area contributed by atoms with Crippen LogP contribution in [0.5, 0.6) is 0 Å². The highest BCUT2D eigenvalue weighted by Gasteiger charge is 2.67. The second kappa shape index (κ2) is 4.22. The van der Waals surface area contributed by atoms with Gasteiger partial charge in [0.05, 0.1) is 11.7 Å². The van der Waals surface area contributed by atoms with Crippen molar-refractivity contribution in [2.45, 2.75) is 64.5 Å². The molecule has 1 saturated heterocycles. The van der Waals surface area contributed by atoms with E-state index in [0.717, 1.165) is 31.5 Å². The summed E-state index contributed by atoms with van der Waals surface area (Å²) >= 11 is 0. The van der Waals surface area contributed by atoms with Crippen molar-refractivity contribution in [3.05, 3.63) is 0 Å². The van der Waals surface area contributed by atoms with E-state index >= 15 is 0 Å². The van der Waals surface area contributed by atoms with Gasteiger partial charge in [0.2, 0.25) is 0 Å². The van der Waals surface area contributed by atoms with E-state index in [1.54, 1.807) is 0 Å². The summed E-state index contributed by atoms with van der Waals surface area (Å²) in [6.07, 6.45) is 5.53. The van der Waals surface area contributed by atoms with Crippen LogP contribution in [0, 0.1) is 17.3 Å². The minimum absolute atomic E-state index is 0.0401. The molecule has 0 amide bonds. The van der Waals surface area contributed by atoms with Gasteiger partial charge in [0.15, 0.2) is 0 Å². The molecule has 102 valence electrons. The molecule has 0 spiro atoms. The first-order valence-corrected chi connectivity index (χ1v) is 7.42. The molecule has 1 aliphatic heterocycles. The van der Waals surface area contributed by atoms with E-state index in [1.807, 2.05) is 0 Å². The van der Waals surface area contributed by atoms with Crippen molar-refractivity contribution < 1.29 is 14.4 Å². The van der Waals surface area contributed by atoms with Crippen molar-refractivity contribution in [2.75, 3.05) is 6.61 Å². The summed E-state index contributed by atoms with van der Waals surface area (Å²) in [5.41, 5.74) is 0.358. The Labute approximate surface area is 110 Å². The van der Waals surface area contributed by atoms with Crippen LogP contribution < -0.4 is 0 Å². The maximum absolute atomic E-state index is 8.83. The molecule has 1 heterocycles. The summed E-state index contributed by atoms with van der Waals surface area (Å²) in [6, 6.07) is 0. The minimum Gasteiger partial charge on any atom is -0.405 e. The van der Waals surface area contributed by atoms with Crippen LogP contribution in [0.15, 0.2) is 0 Å². The molecule has 18 heavy (non-hydrogen) atoms. The van der Waals surface area contributed by atoms with Crippen LogP contribution in [-0.2, 0) is 9.31 Å². The number of hydrogen-bond donors (Lipinski definition) is 1. The molecule has 4 aliphatic rings. The van der Waals surface area contributed by atoms with Crippen LogP contribution in [0.4, 0.5) is 0 Å². The van der Waals surface area contributed by atoms with Crippen molar-refractivity contribution >= 4 is 7.12 Å². The van der Waals surface area contributed by atoms with Crippen LogP contribution in [0.3, 0.4) is 0 Å². The zero-order valence-electron chi connectivity index (χ0n) is 11.8. The highest BCUT2D eigenvalue weighted by Crippen LogP contribution is 2.65. The summed E-state index contributed by atoms with van der Waals surface area (Å²) in [7, 11) is -0.0401. The summed E-state index contributed by atoms with van der Waals surface area (Å²) < 4.78 is 12.4. The van der Waals surface area contributed by atoms with Gasteiger partial charge < -0.3 is 14.4 Å². The molecule has 4 rings (SSSR count). The van der Waals surface area contributed by atoms with Gasteiger partial charge in [-0.15, -0.1) is 0 Å². The molecule has 4 heteroatoms. The number of unbranched alkanes of at least 4 members (excludes halogenated alkanes) is 1. The Morgan fingerprint density at radius 2 is 2.00 bits per heavy atom. The van der Waals surface area contributed by atoms with Crippen molar-refractivity contribution in [1.82, 2.24) is 0 Å². The lowest BCUT2D eigenvalue weighted by Crippen LogP contribution is -2.65. The van der Waals surface area contributed by atoms with Crippen molar-refractivity contribution in [3.8, 4) is 0 Å². The predicted octanol–water partition coefficient (Wildman–Crippen LogP) is 2.49. The Morgan fingerprint density at radius 1 is 1.22 bits per heavy atom. The van der Waals surface area contributed by atoms with Crippen LogP contribution >= 0.6 is 0 Å². The van der Waals surface area contributed by atoms with E-state index in [2.05, 4.69) is 20.8 Å². The molecule has 2 unspecified atom stereocenters. The molecule has 4 atom stereocenters. The maximum Gasteiger partial charge on any atom is 0.457 e. The summed E-state index contributed by atoms with van der Waals surface area (Å²) in [5.74, 6) is 1.47. The van der Waals surface area contributed by atoms with E-state index in [-0.39, 0.29) is 19.3 Å².